The SMILES string of the molecule is c1ccc2nc(N3CCC4(CCCO4)CC3)cnc2c1. The van der Waals surface area contributed by atoms with E-state index in [9.17, 15) is 0 Å². The lowest BCUT2D eigenvalue weighted by atomic mass is 9.89. The van der Waals surface area contributed by atoms with Gasteiger partial charge in [-0.3, -0.25) is 4.98 Å². The summed E-state index contributed by atoms with van der Waals surface area (Å²) < 4.78 is 5.97. The fourth-order valence-corrected chi connectivity index (χ4v) is 3.39. The minimum absolute atomic E-state index is 0.167. The van der Waals surface area contributed by atoms with Crippen LogP contribution in [0.4, 0.5) is 5.82 Å². The quantitative estimate of drug-likeness (QED) is 0.798. The molecule has 0 atom stereocenters. The number of hydrogen-bond acceptors (Lipinski definition) is 4. The van der Waals surface area contributed by atoms with Gasteiger partial charge in [-0.05, 0) is 37.8 Å². The summed E-state index contributed by atoms with van der Waals surface area (Å²) in [6, 6.07) is 8.04. The molecule has 1 aromatic carbocycles. The highest BCUT2D eigenvalue weighted by Crippen LogP contribution is 2.36. The van der Waals surface area contributed by atoms with Gasteiger partial charge in [0.2, 0.25) is 0 Å². The number of benzene rings is 1. The molecule has 3 heterocycles. The van der Waals surface area contributed by atoms with Gasteiger partial charge >= 0.3 is 0 Å². The van der Waals surface area contributed by atoms with Crippen molar-refractivity contribution in [1.82, 2.24) is 9.97 Å². The first kappa shape index (κ1) is 12.1. The van der Waals surface area contributed by atoms with Crippen LogP contribution in [0.2, 0.25) is 0 Å². The highest BCUT2D eigenvalue weighted by Gasteiger charge is 2.38. The summed E-state index contributed by atoms with van der Waals surface area (Å²) in [4.78, 5) is 11.6. The third kappa shape index (κ3) is 2.04. The largest absolute Gasteiger partial charge is 0.375 e. The summed E-state index contributed by atoms with van der Waals surface area (Å²) >= 11 is 0. The fraction of sp³-hybridized carbons (Fsp3) is 0.500. The first-order valence-corrected chi connectivity index (χ1v) is 7.45. The first-order valence-electron chi connectivity index (χ1n) is 7.45. The average molecular weight is 269 g/mol. The van der Waals surface area contributed by atoms with Crippen LogP contribution in [0.3, 0.4) is 0 Å². The molecule has 2 aliphatic heterocycles. The molecule has 0 aliphatic carbocycles. The maximum absolute atomic E-state index is 5.97. The molecular formula is C16H19N3O. The van der Waals surface area contributed by atoms with Crippen LogP contribution in [0.15, 0.2) is 30.5 Å². The highest BCUT2D eigenvalue weighted by molar-refractivity contribution is 5.75. The lowest BCUT2D eigenvalue weighted by Gasteiger charge is -2.39. The molecule has 4 nitrogen and oxygen atoms in total. The number of rotatable bonds is 1. The van der Waals surface area contributed by atoms with E-state index in [-0.39, 0.29) is 5.60 Å². The number of hydrogen-bond donors (Lipinski definition) is 0. The van der Waals surface area contributed by atoms with E-state index >= 15 is 0 Å². The van der Waals surface area contributed by atoms with Gasteiger partial charge in [0, 0.05) is 19.7 Å². The molecule has 1 spiro atoms. The molecule has 104 valence electrons. The van der Waals surface area contributed by atoms with E-state index in [1.807, 2.05) is 30.5 Å². The van der Waals surface area contributed by atoms with Crippen LogP contribution < -0.4 is 4.90 Å². The number of anilines is 1. The Balaban J connectivity index is 1.55. The average Bonchev–Trinajstić information content (AvgIpc) is 2.96. The smallest absolute Gasteiger partial charge is 0.147 e. The van der Waals surface area contributed by atoms with Crippen molar-refractivity contribution < 1.29 is 4.74 Å². The minimum Gasteiger partial charge on any atom is -0.375 e. The van der Waals surface area contributed by atoms with Crippen LogP contribution >= 0.6 is 0 Å². The Morgan fingerprint density at radius 1 is 1.05 bits per heavy atom. The van der Waals surface area contributed by atoms with Crippen molar-refractivity contribution in [3.63, 3.8) is 0 Å². The summed E-state index contributed by atoms with van der Waals surface area (Å²) in [5, 5.41) is 0. The van der Waals surface area contributed by atoms with Gasteiger partial charge in [-0.25, -0.2) is 4.98 Å². The molecule has 2 aromatic rings. The second-order valence-electron chi connectivity index (χ2n) is 5.84. The van der Waals surface area contributed by atoms with Crippen molar-refractivity contribution in [2.24, 2.45) is 0 Å². The van der Waals surface area contributed by atoms with E-state index in [1.165, 1.54) is 12.8 Å². The zero-order valence-corrected chi connectivity index (χ0v) is 11.6. The van der Waals surface area contributed by atoms with Gasteiger partial charge in [0.25, 0.3) is 0 Å². The van der Waals surface area contributed by atoms with Gasteiger partial charge in [-0.2, -0.15) is 0 Å². The predicted octanol–water partition coefficient (Wildman–Crippen LogP) is 2.78. The molecule has 0 saturated carbocycles. The molecule has 20 heavy (non-hydrogen) atoms. The monoisotopic (exact) mass is 269 g/mol. The fourth-order valence-electron chi connectivity index (χ4n) is 3.39. The molecule has 2 saturated heterocycles. The number of piperidine rings is 1. The van der Waals surface area contributed by atoms with E-state index in [4.69, 9.17) is 9.72 Å². The van der Waals surface area contributed by atoms with Crippen molar-refractivity contribution in [1.29, 1.82) is 0 Å². The van der Waals surface area contributed by atoms with Gasteiger partial charge < -0.3 is 9.64 Å². The Morgan fingerprint density at radius 2 is 1.85 bits per heavy atom. The van der Waals surface area contributed by atoms with Crippen molar-refractivity contribution in [3.05, 3.63) is 30.5 Å². The summed E-state index contributed by atoms with van der Waals surface area (Å²) in [5.41, 5.74) is 2.10. The van der Waals surface area contributed by atoms with Crippen LogP contribution in [-0.4, -0.2) is 35.3 Å². The molecule has 1 aromatic heterocycles. The molecule has 0 amide bonds. The lowest BCUT2D eigenvalue weighted by Crippen LogP contribution is -2.44. The Hall–Kier alpha value is -1.68. The Bertz CT molecular complexity index is 612. The third-order valence-corrected chi connectivity index (χ3v) is 4.62. The van der Waals surface area contributed by atoms with Crippen LogP contribution in [0.25, 0.3) is 11.0 Å². The number of nitrogens with zero attached hydrogens (tertiary/aromatic N) is 3. The summed E-state index contributed by atoms with van der Waals surface area (Å²) in [6.45, 7) is 2.98. The number of ether oxygens (including phenoxy) is 1. The standard InChI is InChI=1S/C16H19N3O/c1-2-5-14-13(4-1)17-12-15(18-14)19-9-7-16(8-10-19)6-3-11-20-16/h1-2,4-5,12H,3,6-11H2. The molecule has 0 N–H and O–H groups in total. The second kappa shape index (κ2) is 4.70. The maximum atomic E-state index is 5.97. The van der Waals surface area contributed by atoms with Gasteiger partial charge in [-0.1, -0.05) is 12.1 Å². The summed E-state index contributed by atoms with van der Waals surface area (Å²) in [7, 11) is 0. The molecule has 4 heteroatoms. The van der Waals surface area contributed by atoms with Crippen molar-refractivity contribution in [3.8, 4) is 0 Å². The third-order valence-electron chi connectivity index (χ3n) is 4.62. The summed E-state index contributed by atoms with van der Waals surface area (Å²) in [6.07, 6.45) is 6.57. The molecule has 2 aliphatic rings. The van der Waals surface area contributed by atoms with Crippen LogP contribution in [0.1, 0.15) is 25.7 Å². The van der Waals surface area contributed by atoms with Crippen molar-refractivity contribution in [2.75, 3.05) is 24.6 Å². The Kier molecular flexibility index (Phi) is 2.84. The lowest BCUT2D eigenvalue weighted by molar-refractivity contribution is -0.0147. The second-order valence-corrected chi connectivity index (χ2v) is 5.84. The number of fused-ring (bicyclic) bond motifs is 1. The Morgan fingerprint density at radius 3 is 2.60 bits per heavy atom. The van der Waals surface area contributed by atoms with Crippen molar-refractivity contribution >= 4 is 16.9 Å². The van der Waals surface area contributed by atoms with Gasteiger partial charge in [0.15, 0.2) is 0 Å². The molecule has 4 rings (SSSR count). The van der Waals surface area contributed by atoms with E-state index in [0.29, 0.717) is 0 Å². The normalized spacial score (nSPS) is 21.7. The minimum atomic E-state index is 0.167. The summed E-state index contributed by atoms with van der Waals surface area (Å²) in [5.74, 6) is 0.997. The first-order chi connectivity index (χ1) is 9.85. The van der Waals surface area contributed by atoms with Gasteiger partial charge in [0.1, 0.15) is 5.82 Å². The van der Waals surface area contributed by atoms with Crippen LogP contribution in [0, 0.1) is 0 Å². The van der Waals surface area contributed by atoms with Crippen LogP contribution in [0.5, 0.6) is 0 Å². The highest BCUT2D eigenvalue weighted by atomic mass is 16.5. The number of para-hydroxylation sites is 2. The maximum Gasteiger partial charge on any atom is 0.147 e. The molecular weight excluding hydrogens is 250 g/mol. The van der Waals surface area contributed by atoms with Crippen molar-refractivity contribution in [2.45, 2.75) is 31.3 Å². The van der Waals surface area contributed by atoms with Gasteiger partial charge in [0.05, 0.1) is 22.8 Å². The molecule has 0 bridgehead atoms. The zero-order chi connectivity index (χ0) is 13.4. The molecule has 0 unspecified atom stereocenters. The van der Waals surface area contributed by atoms with E-state index in [1.54, 1.807) is 0 Å². The number of aromatic nitrogens is 2. The zero-order valence-electron chi connectivity index (χ0n) is 11.6. The van der Waals surface area contributed by atoms with E-state index in [2.05, 4.69) is 9.88 Å². The topological polar surface area (TPSA) is 38.2 Å². The van der Waals surface area contributed by atoms with E-state index in [0.717, 1.165) is 49.4 Å². The molecule has 2 fully saturated rings. The molecule has 0 radical (unpaired) electrons. The van der Waals surface area contributed by atoms with Gasteiger partial charge in [-0.15, -0.1) is 0 Å². The Labute approximate surface area is 118 Å². The van der Waals surface area contributed by atoms with Crippen LogP contribution in [-0.2, 0) is 4.74 Å². The predicted molar refractivity (Wildman–Crippen MR) is 78.9 cm³/mol. The van der Waals surface area contributed by atoms with E-state index < -0.39 is 0 Å².